The lowest BCUT2D eigenvalue weighted by Gasteiger charge is -2.23. The Morgan fingerprint density at radius 3 is 2.62 bits per heavy atom. The number of nitrogens with zero attached hydrogens (tertiary/aromatic N) is 2. The smallest absolute Gasteiger partial charge is 0.123 e. The second kappa shape index (κ2) is 6.77. The highest BCUT2D eigenvalue weighted by Crippen LogP contribution is 2.28. The van der Waals surface area contributed by atoms with E-state index in [2.05, 4.69) is 36.9 Å². The van der Waals surface area contributed by atoms with Crippen LogP contribution in [0.3, 0.4) is 0 Å². The number of ether oxygens (including phenoxy) is 1. The van der Waals surface area contributed by atoms with Crippen molar-refractivity contribution in [3.63, 3.8) is 0 Å². The molecule has 0 bridgehead atoms. The first kappa shape index (κ1) is 16.3. The summed E-state index contributed by atoms with van der Waals surface area (Å²) in [6, 6.07) is 6.57. The van der Waals surface area contributed by atoms with Crippen molar-refractivity contribution in [3.8, 4) is 5.75 Å². The Bertz CT molecular complexity index is 474. The van der Waals surface area contributed by atoms with Crippen LogP contribution in [-0.4, -0.2) is 55.2 Å². The third kappa shape index (κ3) is 3.76. The van der Waals surface area contributed by atoms with E-state index in [1.54, 1.807) is 14.0 Å². The van der Waals surface area contributed by atoms with E-state index in [-0.39, 0.29) is 0 Å². The van der Waals surface area contributed by atoms with Gasteiger partial charge in [-0.05, 0) is 44.6 Å². The van der Waals surface area contributed by atoms with Gasteiger partial charge in [-0.2, -0.15) is 0 Å². The fourth-order valence-corrected chi connectivity index (χ4v) is 3.27. The van der Waals surface area contributed by atoms with Crippen molar-refractivity contribution in [1.29, 1.82) is 0 Å². The number of hydrogen-bond donors (Lipinski definition) is 1. The number of likely N-dealkylation sites (tertiary alicyclic amines) is 1. The maximum atomic E-state index is 9.77. The molecule has 0 saturated carbocycles. The molecule has 1 aromatic carbocycles. The standard InChI is InChI=1S/C17H28N2O2/c1-12-9-19(11-16(12)18(3)4)10-15-8-14(13(2)20)6-7-17(15)21-5/h6-8,12-13,16,20H,9-11H2,1-5H3. The van der Waals surface area contributed by atoms with Gasteiger partial charge in [-0.15, -0.1) is 0 Å². The maximum Gasteiger partial charge on any atom is 0.123 e. The summed E-state index contributed by atoms with van der Waals surface area (Å²) in [7, 11) is 6.01. The minimum absolute atomic E-state index is 0.443. The summed E-state index contributed by atoms with van der Waals surface area (Å²) in [5.41, 5.74) is 2.10. The molecule has 0 aromatic heterocycles. The Hall–Kier alpha value is -1.10. The van der Waals surface area contributed by atoms with E-state index in [1.165, 1.54) is 0 Å². The molecule has 4 nitrogen and oxygen atoms in total. The monoisotopic (exact) mass is 292 g/mol. The SMILES string of the molecule is COc1ccc(C(C)O)cc1CN1CC(C)C(N(C)C)C1. The molecule has 1 aliphatic rings. The van der Waals surface area contributed by atoms with Crippen molar-refractivity contribution >= 4 is 0 Å². The zero-order valence-corrected chi connectivity index (χ0v) is 13.8. The summed E-state index contributed by atoms with van der Waals surface area (Å²) < 4.78 is 5.47. The lowest BCUT2D eigenvalue weighted by atomic mass is 10.1. The van der Waals surface area contributed by atoms with Crippen LogP contribution in [0.5, 0.6) is 5.75 Å². The molecule has 1 aliphatic heterocycles. The van der Waals surface area contributed by atoms with Crippen LogP contribution in [-0.2, 0) is 6.54 Å². The first-order chi connectivity index (χ1) is 9.92. The molecule has 1 aromatic rings. The predicted molar refractivity (Wildman–Crippen MR) is 85.5 cm³/mol. The van der Waals surface area contributed by atoms with Crippen LogP contribution in [0.4, 0.5) is 0 Å². The molecule has 21 heavy (non-hydrogen) atoms. The van der Waals surface area contributed by atoms with Crippen molar-refractivity contribution in [1.82, 2.24) is 9.80 Å². The highest BCUT2D eigenvalue weighted by molar-refractivity contribution is 5.38. The number of benzene rings is 1. The van der Waals surface area contributed by atoms with Crippen LogP contribution in [0.25, 0.3) is 0 Å². The molecule has 1 N–H and O–H groups in total. The molecule has 1 heterocycles. The van der Waals surface area contributed by atoms with Crippen molar-refractivity contribution in [2.75, 3.05) is 34.3 Å². The Kier molecular flexibility index (Phi) is 5.25. The van der Waals surface area contributed by atoms with Crippen molar-refractivity contribution < 1.29 is 9.84 Å². The zero-order valence-electron chi connectivity index (χ0n) is 13.8. The summed E-state index contributed by atoms with van der Waals surface area (Å²) >= 11 is 0. The molecule has 0 aliphatic carbocycles. The number of aliphatic hydroxyl groups excluding tert-OH is 1. The van der Waals surface area contributed by atoms with Gasteiger partial charge in [-0.25, -0.2) is 0 Å². The molecular formula is C17H28N2O2. The van der Waals surface area contributed by atoms with Crippen LogP contribution in [0.1, 0.15) is 31.1 Å². The molecule has 3 unspecified atom stereocenters. The lowest BCUT2D eigenvalue weighted by molar-refractivity contribution is 0.199. The van der Waals surface area contributed by atoms with Crippen LogP contribution in [0.2, 0.25) is 0 Å². The van der Waals surface area contributed by atoms with Crippen LogP contribution >= 0.6 is 0 Å². The maximum absolute atomic E-state index is 9.77. The lowest BCUT2D eigenvalue weighted by Crippen LogP contribution is -2.34. The molecule has 0 radical (unpaired) electrons. The van der Waals surface area contributed by atoms with Gasteiger partial charge in [0.25, 0.3) is 0 Å². The van der Waals surface area contributed by atoms with E-state index < -0.39 is 6.10 Å². The number of methoxy groups -OCH3 is 1. The normalized spacial score (nSPS) is 24.5. The summed E-state index contributed by atoms with van der Waals surface area (Å²) in [6.07, 6.45) is -0.443. The van der Waals surface area contributed by atoms with E-state index in [0.717, 1.165) is 36.5 Å². The molecule has 1 saturated heterocycles. The van der Waals surface area contributed by atoms with E-state index >= 15 is 0 Å². The van der Waals surface area contributed by atoms with Gasteiger partial charge in [0.05, 0.1) is 13.2 Å². The minimum atomic E-state index is -0.443. The van der Waals surface area contributed by atoms with Gasteiger partial charge in [0.2, 0.25) is 0 Å². The molecule has 1 fully saturated rings. The van der Waals surface area contributed by atoms with Gasteiger partial charge in [-0.1, -0.05) is 13.0 Å². The molecule has 0 amide bonds. The Labute approximate surface area is 128 Å². The van der Waals surface area contributed by atoms with Crippen LogP contribution in [0, 0.1) is 5.92 Å². The molecule has 4 heteroatoms. The first-order valence-electron chi connectivity index (χ1n) is 7.66. The minimum Gasteiger partial charge on any atom is -0.496 e. The summed E-state index contributed by atoms with van der Waals surface area (Å²) in [5.74, 6) is 1.58. The Morgan fingerprint density at radius 2 is 2.10 bits per heavy atom. The number of hydrogen-bond acceptors (Lipinski definition) is 4. The third-order valence-electron chi connectivity index (χ3n) is 4.49. The van der Waals surface area contributed by atoms with Gasteiger partial charge in [0, 0.05) is 31.2 Å². The van der Waals surface area contributed by atoms with E-state index in [9.17, 15) is 5.11 Å². The van der Waals surface area contributed by atoms with Gasteiger partial charge in [0.15, 0.2) is 0 Å². The molecule has 0 spiro atoms. The Morgan fingerprint density at radius 1 is 1.38 bits per heavy atom. The topological polar surface area (TPSA) is 35.9 Å². The van der Waals surface area contributed by atoms with Crippen LogP contribution in [0.15, 0.2) is 18.2 Å². The average Bonchev–Trinajstić information content (AvgIpc) is 2.79. The first-order valence-corrected chi connectivity index (χ1v) is 7.66. The molecule has 118 valence electrons. The second-order valence-corrected chi connectivity index (χ2v) is 6.45. The van der Waals surface area contributed by atoms with Crippen molar-refractivity contribution in [2.24, 2.45) is 5.92 Å². The summed E-state index contributed by atoms with van der Waals surface area (Å²) in [5, 5.41) is 9.77. The van der Waals surface area contributed by atoms with E-state index in [1.807, 2.05) is 12.1 Å². The zero-order chi connectivity index (χ0) is 15.6. The van der Waals surface area contributed by atoms with Gasteiger partial charge in [-0.3, -0.25) is 4.90 Å². The summed E-state index contributed by atoms with van der Waals surface area (Å²) in [6.45, 7) is 7.17. The Balaban J connectivity index is 2.14. The van der Waals surface area contributed by atoms with Crippen LogP contribution < -0.4 is 4.74 Å². The van der Waals surface area contributed by atoms with Gasteiger partial charge in [0.1, 0.15) is 5.75 Å². The van der Waals surface area contributed by atoms with Gasteiger partial charge >= 0.3 is 0 Å². The number of aliphatic hydroxyl groups is 1. The molecule has 2 rings (SSSR count). The highest BCUT2D eigenvalue weighted by Gasteiger charge is 2.31. The third-order valence-corrected chi connectivity index (χ3v) is 4.49. The fourth-order valence-electron chi connectivity index (χ4n) is 3.27. The van der Waals surface area contributed by atoms with Crippen molar-refractivity contribution in [3.05, 3.63) is 29.3 Å². The molecular weight excluding hydrogens is 264 g/mol. The number of likely N-dealkylation sites (N-methyl/N-ethyl adjacent to an activating group) is 1. The largest absolute Gasteiger partial charge is 0.496 e. The van der Waals surface area contributed by atoms with E-state index in [0.29, 0.717) is 12.0 Å². The fraction of sp³-hybridized carbons (Fsp3) is 0.647. The second-order valence-electron chi connectivity index (χ2n) is 6.45. The average molecular weight is 292 g/mol. The quantitative estimate of drug-likeness (QED) is 0.902. The predicted octanol–water partition coefficient (Wildman–Crippen LogP) is 2.13. The van der Waals surface area contributed by atoms with Gasteiger partial charge < -0.3 is 14.7 Å². The number of rotatable bonds is 5. The highest BCUT2D eigenvalue weighted by atomic mass is 16.5. The van der Waals surface area contributed by atoms with Crippen molar-refractivity contribution in [2.45, 2.75) is 32.5 Å². The summed E-state index contributed by atoms with van der Waals surface area (Å²) in [4.78, 5) is 4.78. The van der Waals surface area contributed by atoms with E-state index in [4.69, 9.17) is 4.74 Å². The molecule has 3 atom stereocenters.